The molecule has 1 heterocycles. The van der Waals surface area contributed by atoms with E-state index >= 15 is 0 Å². The van der Waals surface area contributed by atoms with Gasteiger partial charge >= 0.3 is 0 Å². The second-order valence-corrected chi connectivity index (χ2v) is 4.09. The molecule has 3 N–H and O–H groups in total. The van der Waals surface area contributed by atoms with E-state index in [0.717, 1.165) is 24.3 Å². The molecule has 0 aromatic carbocycles. The van der Waals surface area contributed by atoms with E-state index in [4.69, 9.17) is 15.0 Å². The Morgan fingerprint density at radius 1 is 1.50 bits per heavy atom. The highest BCUT2D eigenvalue weighted by molar-refractivity contribution is 5.77. The predicted octanol–water partition coefficient (Wildman–Crippen LogP) is 0.775. The monoisotopic (exact) mass is 254 g/mol. The molecule has 1 aromatic heterocycles. The van der Waals surface area contributed by atoms with Crippen molar-refractivity contribution in [1.82, 2.24) is 10.5 Å². The molecule has 0 amide bonds. The molecule has 0 bridgehead atoms. The van der Waals surface area contributed by atoms with Gasteiger partial charge in [0.15, 0.2) is 5.96 Å². The number of hydrogen-bond acceptors (Lipinski definition) is 4. The standard InChI is InChI=1S/C12H22N4O2/c1-9-11(10(2)18-16-9)5-4-6-14-12(13)15-7-8-17-3/h4-8H2,1-3H3,(H3,13,14,15). The van der Waals surface area contributed by atoms with Gasteiger partial charge in [-0.05, 0) is 26.7 Å². The van der Waals surface area contributed by atoms with Gasteiger partial charge in [-0.1, -0.05) is 5.16 Å². The Bertz CT molecular complexity index is 368. The lowest BCUT2D eigenvalue weighted by molar-refractivity contribution is 0.204. The van der Waals surface area contributed by atoms with E-state index in [1.165, 1.54) is 5.56 Å². The van der Waals surface area contributed by atoms with E-state index in [0.29, 0.717) is 25.7 Å². The molecule has 0 aliphatic rings. The number of nitrogens with two attached hydrogens (primary N) is 1. The molecule has 18 heavy (non-hydrogen) atoms. The van der Waals surface area contributed by atoms with Gasteiger partial charge in [-0.3, -0.25) is 4.99 Å². The van der Waals surface area contributed by atoms with E-state index in [9.17, 15) is 0 Å². The van der Waals surface area contributed by atoms with Crippen LogP contribution in [-0.2, 0) is 11.2 Å². The zero-order chi connectivity index (χ0) is 13.4. The van der Waals surface area contributed by atoms with Crippen LogP contribution in [0.2, 0.25) is 0 Å². The number of methoxy groups -OCH3 is 1. The molecule has 0 spiro atoms. The summed E-state index contributed by atoms with van der Waals surface area (Å²) in [5.41, 5.74) is 7.82. The van der Waals surface area contributed by atoms with Gasteiger partial charge in [0.1, 0.15) is 5.76 Å². The molecule has 1 aromatic rings. The summed E-state index contributed by atoms with van der Waals surface area (Å²) < 4.78 is 10.0. The third-order valence-corrected chi connectivity index (χ3v) is 2.66. The Balaban J connectivity index is 2.24. The van der Waals surface area contributed by atoms with E-state index in [1.54, 1.807) is 7.11 Å². The fourth-order valence-corrected chi connectivity index (χ4v) is 1.65. The molecular weight excluding hydrogens is 232 g/mol. The number of nitrogens with one attached hydrogen (secondary N) is 1. The Labute approximate surface area is 108 Å². The van der Waals surface area contributed by atoms with E-state index < -0.39 is 0 Å². The van der Waals surface area contributed by atoms with Crippen LogP contribution in [0.4, 0.5) is 0 Å². The van der Waals surface area contributed by atoms with Gasteiger partial charge in [0.2, 0.25) is 0 Å². The van der Waals surface area contributed by atoms with Crippen molar-refractivity contribution in [3.8, 4) is 0 Å². The molecule has 1 rings (SSSR count). The molecule has 6 heteroatoms. The van der Waals surface area contributed by atoms with Crippen molar-refractivity contribution in [2.45, 2.75) is 26.7 Å². The first-order valence-electron chi connectivity index (χ1n) is 6.09. The number of guanidine groups is 1. The number of aryl methyl sites for hydroxylation is 2. The maximum Gasteiger partial charge on any atom is 0.188 e. The summed E-state index contributed by atoms with van der Waals surface area (Å²) in [6.07, 6.45) is 1.84. The van der Waals surface area contributed by atoms with Crippen molar-refractivity contribution in [1.29, 1.82) is 0 Å². The van der Waals surface area contributed by atoms with Crippen molar-refractivity contribution >= 4 is 5.96 Å². The Morgan fingerprint density at radius 2 is 2.28 bits per heavy atom. The highest BCUT2D eigenvalue weighted by Crippen LogP contribution is 2.13. The number of rotatable bonds is 7. The lowest BCUT2D eigenvalue weighted by atomic mass is 10.1. The smallest absolute Gasteiger partial charge is 0.188 e. The molecule has 0 saturated heterocycles. The molecule has 0 radical (unpaired) electrons. The van der Waals surface area contributed by atoms with Gasteiger partial charge in [0.05, 0.1) is 12.3 Å². The van der Waals surface area contributed by atoms with Crippen molar-refractivity contribution in [3.05, 3.63) is 17.0 Å². The quantitative estimate of drug-likeness (QED) is 0.426. The minimum absolute atomic E-state index is 0.464. The third kappa shape index (κ3) is 4.75. The number of nitrogens with zero attached hydrogens (tertiary/aromatic N) is 2. The van der Waals surface area contributed by atoms with Crippen LogP contribution in [0.25, 0.3) is 0 Å². The van der Waals surface area contributed by atoms with Gasteiger partial charge in [-0.15, -0.1) is 0 Å². The van der Waals surface area contributed by atoms with Crippen molar-refractivity contribution in [3.63, 3.8) is 0 Å². The summed E-state index contributed by atoms with van der Waals surface area (Å²) in [4.78, 5) is 4.23. The van der Waals surface area contributed by atoms with Gasteiger partial charge < -0.3 is 20.3 Å². The average Bonchev–Trinajstić information content (AvgIpc) is 2.66. The molecule has 6 nitrogen and oxygen atoms in total. The van der Waals surface area contributed by atoms with Crippen LogP contribution in [0.1, 0.15) is 23.4 Å². The maximum absolute atomic E-state index is 5.69. The SMILES string of the molecule is COCCNC(N)=NCCCc1c(C)noc1C. The van der Waals surface area contributed by atoms with Crippen LogP contribution in [0.15, 0.2) is 9.52 Å². The molecule has 0 unspecified atom stereocenters. The normalized spacial score (nSPS) is 11.8. The highest BCUT2D eigenvalue weighted by Gasteiger charge is 2.07. The summed E-state index contributed by atoms with van der Waals surface area (Å²) in [5.74, 6) is 1.36. The zero-order valence-electron chi connectivity index (χ0n) is 11.3. The van der Waals surface area contributed by atoms with E-state index in [1.807, 2.05) is 13.8 Å². The second-order valence-electron chi connectivity index (χ2n) is 4.09. The first-order chi connectivity index (χ1) is 8.65. The molecule has 0 saturated carbocycles. The number of aliphatic imine (C=N–C) groups is 1. The average molecular weight is 254 g/mol. The topological polar surface area (TPSA) is 85.7 Å². The van der Waals surface area contributed by atoms with Gasteiger partial charge in [0.25, 0.3) is 0 Å². The summed E-state index contributed by atoms with van der Waals surface area (Å²) in [6, 6.07) is 0. The lowest BCUT2D eigenvalue weighted by Crippen LogP contribution is -2.34. The van der Waals surface area contributed by atoms with Crippen LogP contribution >= 0.6 is 0 Å². The lowest BCUT2D eigenvalue weighted by Gasteiger charge is -2.04. The van der Waals surface area contributed by atoms with Crippen LogP contribution < -0.4 is 11.1 Å². The summed E-state index contributed by atoms with van der Waals surface area (Å²) >= 11 is 0. The van der Waals surface area contributed by atoms with Crippen LogP contribution in [-0.4, -0.2) is 37.9 Å². The summed E-state index contributed by atoms with van der Waals surface area (Å²) in [7, 11) is 1.65. The maximum atomic E-state index is 5.69. The first kappa shape index (κ1) is 14.5. The Hall–Kier alpha value is -1.56. The number of aromatic nitrogens is 1. The van der Waals surface area contributed by atoms with Crippen molar-refractivity contribution < 1.29 is 9.26 Å². The number of hydrogen-bond donors (Lipinski definition) is 2. The Kier molecular flexibility index (Phi) is 6.21. The van der Waals surface area contributed by atoms with Gasteiger partial charge in [0, 0.05) is 25.8 Å². The summed E-state index contributed by atoms with van der Waals surface area (Å²) in [6.45, 7) is 5.87. The largest absolute Gasteiger partial charge is 0.383 e. The van der Waals surface area contributed by atoms with Gasteiger partial charge in [-0.25, -0.2) is 0 Å². The van der Waals surface area contributed by atoms with E-state index in [-0.39, 0.29) is 0 Å². The molecule has 102 valence electrons. The van der Waals surface area contributed by atoms with Gasteiger partial charge in [-0.2, -0.15) is 0 Å². The van der Waals surface area contributed by atoms with Crippen LogP contribution in [0.5, 0.6) is 0 Å². The molecule has 0 aliphatic carbocycles. The first-order valence-corrected chi connectivity index (χ1v) is 6.09. The fourth-order valence-electron chi connectivity index (χ4n) is 1.65. The molecular formula is C12H22N4O2. The fraction of sp³-hybridized carbons (Fsp3) is 0.667. The Morgan fingerprint density at radius 3 is 2.89 bits per heavy atom. The minimum atomic E-state index is 0.464. The van der Waals surface area contributed by atoms with Crippen molar-refractivity contribution in [2.75, 3.05) is 26.8 Å². The van der Waals surface area contributed by atoms with Crippen LogP contribution in [0.3, 0.4) is 0 Å². The second kappa shape index (κ2) is 7.71. The summed E-state index contributed by atoms with van der Waals surface area (Å²) in [5, 5.41) is 6.89. The zero-order valence-corrected chi connectivity index (χ0v) is 11.3. The van der Waals surface area contributed by atoms with E-state index in [2.05, 4.69) is 15.5 Å². The highest BCUT2D eigenvalue weighted by atomic mass is 16.5. The molecule has 0 aliphatic heterocycles. The third-order valence-electron chi connectivity index (χ3n) is 2.66. The van der Waals surface area contributed by atoms with Crippen LogP contribution in [0, 0.1) is 13.8 Å². The molecule has 0 atom stereocenters. The molecule has 0 fully saturated rings. The van der Waals surface area contributed by atoms with Crippen molar-refractivity contribution in [2.24, 2.45) is 10.7 Å². The minimum Gasteiger partial charge on any atom is -0.383 e. The number of ether oxygens (including phenoxy) is 1. The predicted molar refractivity (Wildman–Crippen MR) is 70.7 cm³/mol.